The van der Waals surface area contributed by atoms with Crippen LogP contribution >= 0.6 is 22.9 Å². The van der Waals surface area contributed by atoms with Crippen molar-refractivity contribution in [3.8, 4) is 11.3 Å². The largest absolute Gasteiger partial charge is 0.481 e. The molecule has 6 nitrogen and oxygen atoms in total. The van der Waals surface area contributed by atoms with Gasteiger partial charge in [-0.3, -0.25) is 9.59 Å². The minimum atomic E-state index is -2.96. The van der Waals surface area contributed by atoms with Gasteiger partial charge < -0.3 is 15.3 Å². The maximum absolute atomic E-state index is 13.8. The molecule has 38 heavy (non-hydrogen) atoms. The van der Waals surface area contributed by atoms with Crippen LogP contribution in [0.1, 0.15) is 34.8 Å². The van der Waals surface area contributed by atoms with E-state index in [0.717, 1.165) is 18.1 Å². The second-order valence-electron chi connectivity index (χ2n) is 8.61. The number of carbonyl (C=O) groups is 2. The molecule has 1 heterocycles. The van der Waals surface area contributed by atoms with Gasteiger partial charge in [-0.25, -0.2) is 13.8 Å². The van der Waals surface area contributed by atoms with E-state index >= 15 is 0 Å². The molecule has 0 aliphatic carbocycles. The fourth-order valence-electron chi connectivity index (χ4n) is 3.71. The summed E-state index contributed by atoms with van der Waals surface area (Å²) >= 11 is 7.76. The molecule has 3 aromatic carbocycles. The summed E-state index contributed by atoms with van der Waals surface area (Å²) in [7, 11) is 0. The van der Waals surface area contributed by atoms with Gasteiger partial charge in [0.15, 0.2) is 5.13 Å². The van der Waals surface area contributed by atoms with E-state index in [1.54, 1.807) is 42.5 Å². The van der Waals surface area contributed by atoms with Crippen LogP contribution in [0.25, 0.3) is 11.3 Å². The molecule has 2 N–H and O–H groups in total. The van der Waals surface area contributed by atoms with E-state index in [1.807, 2.05) is 28.5 Å². The molecule has 0 atom stereocenters. The lowest BCUT2D eigenvalue weighted by Crippen LogP contribution is -2.26. The zero-order valence-electron chi connectivity index (χ0n) is 20.3. The number of nitrogens with zero attached hydrogens (tertiary/aromatic N) is 2. The first-order chi connectivity index (χ1) is 18.1. The highest BCUT2D eigenvalue weighted by atomic mass is 35.5. The van der Waals surface area contributed by atoms with Crippen LogP contribution in [0.3, 0.4) is 0 Å². The van der Waals surface area contributed by atoms with E-state index in [4.69, 9.17) is 21.7 Å². The minimum absolute atomic E-state index is 0.0360. The Balaban J connectivity index is 1.61. The first kappa shape index (κ1) is 27.2. The highest BCUT2D eigenvalue weighted by Crippen LogP contribution is 2.37. The van der Waals surface area contributed by atoms with Gasteiger partial charge in [0.05, 0.1) is 18.7 Å². The fraction of sp³-hybridized carbons (Fsp3) is 0.179. The lowest BCUT2D eigenvalue weighted by molar-refractivity contribution is -0.136. The van der Waals surface area contributed by atoms with Crippen LogP contribution in [-0.4, -0.2) is 28.5 Å². The van der Waals surface area contributed by atoms with Gasteiger partial charge in [-0.1, -0.05) is 54.1 Å². The predicted molar refractivity (Wildman–Crippen MR) is 145 cm³/mol. The molecule has 0 unspecified atom stereocenters. The molecular weight excluding hydrogens is 532 g/mol. The Labute approximate surface area is 227 Å². The molecule has 0 fully saturated rings. The topological polar surface area (TPSA) is 82.5 Å². The Morgan fingerprint density at radius 3 is 2.37 bits per heavy atom. The van der Waals surface area contributed by atoms with Gasteiger partial charge in [-0.05, 0) is 35.9 Å². The normalized spacial score (nSPS) is 11.3. The Morgan fingerprint density at radius 2 is 1.74 bits per heavy atom. The van der Waals surface area contributed by atoms with Crippen molar-refractivity contribution in [3.63, 3.8) is 0 Å². The maximum atomic E-state index is 13.8. The third-order valence-electron chi connectivity index (χ3n) is 5.74. The monoisotopic (exact) mass is 555 g/mol. The second-order valence-corrected chi connectivity index (χ2v) is 9.86. The predicted octanol–water partition coefficient (Wildman–Crippen LogP) is 7.12. The van der Waals surface area contributed by atoms with Crippen LogP contribution in [0.15, 0.2) is 78.2 Å². The fourth-order valence-corrected chi connectivity index (χ4v) is 4.79. The molecule has 0 aliphatic heterocycles. The first-order valence-corrected chi connectivity index (χ1v) is 12.9. The molecule has 196 valence electrons. The third-order valence-corrected chi connectivity index (χ3v) is 6.93. The molecule has 0 spiro atoms. The number of thiazole rings is 1. The number of rotatable bonds is 10. The number of amides is 1. The summed E-state index contributed by atoms with van der Waals surface area (Å²) in [5.74, 6) is -4.31. The number of halogens is 3. The number of hydrogen-bond donors (Lipinski definition) is 2. The van der Waals surface area contributed by atoms with Crippen molar-refractivity contribution in [2.45, 2.75) is 25.8 Å². The first-order valence-electron chi connectivity index (χ1n) is 11.7. The summed E-state index contributed by atoms with van der Waals surface area (Å²) in [4.78, 5) is 29.6. The van der Waals surface area contributed by atoms with Gasteiger partial charge in [0.25, 0.3) is 11.8 Å². The van der Waals surface area contributed by atoms with Crippen LogP contribution in [-0.2, 0) is 17.3 Å². The average molecular weight is 556 g/mol. The van der Waals surface area contributed by atoms with Crippen molar-refractivity contribution in [1.29, 1.82) is 0 Å². The number of hydrogen-bond acceptors (Lipinski definition) is 5. The molecular formula is C28H24ClF2N3O3S. The summed E-state index contributed by atoms with van der Waals surface area (Å²) in [6.07, 6.45) is -0.161. The van der Waals surface area contributed by atoms with E-state index < -0.39 is 11.9 Å². The number of anilines is 2. The summed E-state index contributed by atoms with van der Waals surface area (Å²) in [5.41, 5.74) is 3.33. The van der Waals surface area contributed by atoms with Crippen molar-refractivity contribution < 1.29 is 23.5 Å². The van der Waals surface area contributed by atoms with Gasteiger partial charge in [-0.2, -0.15) is 0 Å². The average Bonchev–Trinajstić information content (AvgIpc) is 3.37. The lowest BCUT2D eigenvalue weighted by atomic mass is 10.1. The second kappa shape index (κ2) is 11.7. The Hall–Kier alpha value is -3.82. The Bertz CT molecular complexity index is 1420. The SMILES string of the molecule is CC(F)(F)c1ccc(N(Cc2ccc(C(=O)NCCC(=O)O)cc2)c2nc(-c3ccccc3Cl)cs2)cc1. The van der Waals surface area contributed by atoms with E-state index in [-0.39, 0.29) is 24.4 Å². The summed E-state index contributed by atoms with van der Waals surface area (Å²) in [6, 6.07) is 20.3. The molecule has 4 rings (SSSR count). The third kappa shape index (κ3) is 6.73. The summed E-state index contributed by atoms with van der Waals surface area (Å²) in [5, 5.41) is 14.4. The Kier molecular flexibility index (Phi) is 8.38. The van der Waals surface area contributed by atoms with Crippen LogP contribution in [0.4, 0.5) is 19.6 Å². The van der Waals surface area contributed by atoms with E-state index in [2.05, 4.69) is 5.32 Å². The number of aromatic nitrogens is 1. The standard InChI is InChI=1S/C28H24ClF2N3O3S/c1-28(30,31)20-10-12-21(13-11-20)34(27-33-24(17-38-27)22-4-2-3-5-23(22)29)16-18-6-8-19(9-7-18)26(37)32-15-14-25(35)36/h2-13,17H,14-16H2,1H3,(H,32,37)(H,35,36). The quantitative estimate of drug-likeness (QED) is 0.218. The number of carboxylic acid groups (broad SMARTS) is 1. The van der Waals surface area contributed by atoms with Crippen molar-refractivity contribution in [3.05, 3.63) is 99.9 Å². The number of carboxylic acids is 1. The van der Waals surface area contributed by atoms with E-state index in [9.17, 15) is 18.4 Å². The molecule has 1 aromatic heterocycles. The van der Waals surface area contributed by atoms with Crippen LogP contribution in [0, 0.1) is 0 Å². The van der Waals surface area contributed by atoms with Crippen LogP contribution < -0.4 is 10.2 Å². The van der Waals surface area contributed by atoms with Gasteiger partial charge in [0.2, 0.25) is 0 Å². The smallest absolute Gasteiger partial charge is 0.305 e. The lowest BCUT2D eigenvalue weighted by Gasteiger charge is -2.23. The van der Waals surface area contributed by atoms with Gasteiger partial charge >= 0.3 is 5.97 Å². The highest BCUT2D eigenvalue weighted by Gasteiger charge is 2.24. The zero-order chi connectivity index (χ0) is 27.3. The van der Waals surface area contributed by atoms with Gasteiger partial charge in [0, 0.05) is 46.2 Å². The van der Waals surface area contributed by atoms with Crippen LogP contribution in [0.5, 0.6) is 0 Å². The van der Waals surface area contributed by atoms with E-state index in [0.29, 0.717) is 33.6 Å². The molecule has 4 aromatic rings. The number of alkyl halides is 2. The van der Waals surface area contributed by atoms with Crippen molar-refractivity contribution >= 4 is 45.6 Å². The van der Waals surface area contributed by atoms with Gasteiger partial charge in [-0.15, -0.1) is 11.3 Å². The number of nitrogens with one attached hydrogen (secondary N) is 1. The van der Waals surface area contributed by atoms with Gasteiger partial charge in [0.1, 0.15) is 0 Å². The zero-order valence-corrected chi connectivity index (χ0v) is 21.9. The summed E-state index contributed by atoms with van der Waals surface area (Å²) in [6.45, 7) is 1.25. The molecule has 0 saturated heterocycles. The van der Waals surface area contributed by atoms with Crippen molar-refractivity contribution in [2.24, 2.45) is 0 Å². The molecule has 0 aliphatic rings. The Morgan fingerprint density at radius 1 is 1.05 bits per heavy atom. The number of aliphatic carboxylic acids is 1. The summed E-state index contributed by atoms with van der Waals surface area (Å²) < 4.78 is 27.6. The van der Waals surface area contributed by atoms with Crippen molar-refractivity contribution in [1.82, 2.24) is 10.3 Å². The number of carbonyl (C=O) groups excluding carboxylic acids is 1. The molecule has 10 heteroatoms. The molecule has 1 amide bonds. The maximum Gasteiger partial charge on any atom is 0.305 e. The number of benzene rings is 3. The minimum Gasteiger partial charge on any atom is -0.481 e. The van der Waals surface area contributed by atoms with Crippen molar-refractivity contribution in [2.75, 3.05) is 11.4 Å². The molecule has 0 bridgehead atoms. The highest BCUT2D eigenvalue weighted by molar-refractivity contribution is 7.14. The molecule has 0 saturated carbocycles. The van der Waals surface area contributed by atoms with E-state index in [1.165, 1.54) is 23.5 Å². The van der Waals surface area contributed by atoms with Crippen LogP contribution in [0.2, 0.25) is 5.02 Å². The molecule has 0 radical (unpaired) electrons.